The Morgan fingerprint density at radius 2 is 2.00 bits per heavy atom. The van der Waals surface area contributed by atoms with Crippen LogP contribution in [0.4, 0.5) is 0 Å². The van der Waals surface area contributed by atoms with Gasteiger partial charge in [-0.25, -0.2) is 0 Å². The number of hydrogen-bond donors (Lipinski definition) is 1. The maximum atomic E-state index is 13.1. The molecule has 1 aromatic heterocycles. The molecule has 0 fully saturated rings. The Morgan fingerprint density at radius 3 is 2.61 bits per heavy atom. The minimum atomic E-state index is -0.274. The van der Waals surface area contributed by atoms with Crippen LogP contribution in [0.5, 0.6) is 5.75 Å². The molecular weight excluding hydrogens is 312 g/mol. The topological polar surface area (TPSA) is 57.2 Å². The standard InChI is InChI=1S/C18H19ClN2O2/c1-11(20)16-10-12-4-3-5-15(19)17(12)18(22)21(16)13-6-8-14(23-2)9-7-13/h4,6-11H,3,5,20H2,1-2H3. The molecule has 0 spiro atoms. The number of halogens is 1. The smallest absolute Gasteiger partial charge is 0.264 e. The number of nitrogens with zero attached hydrogens (tertiary/aromatic N) is 1. The third-order valence-electron chi connectivity index (χ3n) is 4.06. The number of nitrogens with two attached hydrogens (primary N) is 1. The SMILES string of the molecule is COc1ccc(-n2c(C(C)N)cc3c(c2=O)=C(Cl)CCC=3)cc1. The van der Waals surface area contributed by atoms with Crippen LogP contribution in [-0.2, 0) is 0 Å². The molecule has 0 saturated heterocycles. The molecule has 0 aliphatic heterocycles. The molecule has 1 aliphatic rings. The van der Waals surface area contributed by atoms with Crippen molar-refractivity contribution in [1.29, 1.82) is 0 Å². The van der Waals surface area contributed by atoms with Crippen LogP contribution in [0.2, 0.25) is 0 Å². The van der Waals surface area contributed by atoms with E-state index in [1.54, 1.807) is 11.7 Å². The Labute approximate surface area is 139 Å². The van der Waals surface area contributed by atoms with Gasteiger partial charge < -0.3 is 10.5 Å². The van der Waals surface area contributed by atoms with Crippen molar-refractivity contribution in [2.45, 2.75) is 25.8 Å². The van der Waals surface area contributed by atoms with Crippen molar-refractivity contribution in [3.05, 3.63) is 56.8 Å². The molecule has 1 heterocycles. The molecule has 0 saturated carbocycles. The highest BCUT2D eigenvalue weighted by molar-refractivity contribution is 6.45. The van der Waals surface area contributed by atoms with Crippen molar-refractivity contribution in [3.63, 3.8) is 0 Å². The van der Waals surface area contributed by atoms with Crippen molar-refractivity contribution < 1.29 is 4.74 Å². The number of benzene rings is 1. The third kappa shape index (κ3) is 2.80. The van der Waals surface area contributed by atoms with E-state index in [0.29, 0.717) is 16.7 Å². The molecule has 3 rings (SSSR count). The average molecular weight is 331 g/mol. The van der Waals surface area contributed by atoms with Gasteiger partial charge in [0.1, 0.15) is 5.75 Å². The highest BCUT2D eigenvalue weighted by Crippen LogP contribution is 2.17. The molecule has 4 nitrogen and oxygen atoms in total. The molecular formula is C18H19ClN2O2. The second kappa shape index (κ2) is 6.22. The van der Waals surface area contributed by atoms with Crippen LogP contribution in [0.25, 0.3) is 16.8 Å². The summed E-state index contributed by atoms with van der Waals surface area (Å²) in [5, 5.41) is 2.08. The van der Waals surface area contributed by atoms with E-state index in [9.17, 15) is 4.79 Å². The third-order valence-corrected chi connectivity index (χ3v) is 4.44. The zero-order valence-electron chi connectivity index (χ0n) is 13.2. The molecule has 0 bridgehead atoms. The molecule has 2 N–H and O–H groups in total. The molecule has 1 aromatic carbocycles. The number of ether oxygens (including phenoxy) is 1. The number of hydrogen-bond acceptors (Lipinski definition) is 3. The number of pyridine rings is 1. The zero-order valence-corrected chi connectivity index (χ0v) is 13.9. The van der Waals surface area contributed by atoms with Crippen LogP contribution in [0.15, 0.2) is 35.1 Å². The van der Waals surface area contributed by atoms with Gasteiger partial charge in [0, 0.05) is 22.5 Å². The number of rotatable bonds is 3. The maximum Gasteiger partial charge on any atom is 0.264 e. The summed E-state index contributed by atoms with van der Waals surface area (Å²) in [6.45, 7) is 1.87. The Bertz CT molecular complexity index is 912. The van der Waals surface area contributed by atoms with E-state index in [1.807, 2.05) is 43.3 Å². The van der Waals surface area contributed by atoms with E-state index < -0.39 is 0 Å². The Kier molecular flexibility index (Phi) is 4.28. The summed E-state index contributed by atoms with van der Waals surface area (Å²) in [4.78, 5) is 13.1. The second-order valence-electron chi connectivity index (χ2n) is 5.67. The van der Waals surface area contributed by atoms with E-state index in [4.69, 9.17) is 22.1 Å². The van der Waals surface area contributed by atoms with Crippen LogP contribution in [0.1, 0.15) is 31.5 Å². The fourth-order valence-corrected chi connectivity index (χ4v) is 3.19. The first-order chi connectivity index (χ1) is 11.0. The predicted octanol–water partition coefficient (Wildman–Crippen LogP) is 1.79. The quantitative estimate of drug-likeness (QED) is 0.933. The van der Waals surface area contributed by atoms with Gasteiger partial charge in [0.05, 0.1) is 12.3 Å². The molecule has 1 atom stereocenters. The summed E-state index contributed by atoms with van der Waals surface area (Å²) in [6, 6.07) is 9.03. The monoisotopic (exact) mass is 330 g/mol. The fourth-order valence-electron chi connectivity index (χ4n) is 2.89. The van der Waals surface area contributed by atoms with Crippen molar-refractivity contribution in [3.8, 4) is 11.4 Å². The van der Waals surface area contributed by atoms with Gasteiger partial charge in [-0.05, 0) is 55.3 Å². The van der Waals surface area contributed by atoms with Crippen molar-refractivity contribution in [1.82, 2.24) is 4.57 Å². The fraction of sp³-hybridized carbons (Fsp3) is 0.278. The van der Waals surface area contributed by atoms with Gasteiger partial charge in [-0.1, -0.05) is 17.7 Å². The number of aromatic nitrogens is 1. The lowest BCUT2D eigenvalue weighted by Crippen LogP contribution is -2.48. The van der Waals surface area contributed by atoms with Crippen molar-refractivity contribution >= 4 is 22.7 Å². The highest BCUT2D eigenvalue weighted by Gasteiger charge is 2.15. The first-order valence-electron chi connectivity index (χ1n) is 7.57. The van der Waals surface area contributed by atoms with Gasteiger partial charge in [0.15, 0.2) is 0 Å². The lowest BCUT2D eigenvalue weighted by atomic mass is 10.1. The van der Waals surface area contributed by atoms with E-state index >= 15 is 0 Å². The molecule has 1 aliphatic carbocycles. The summed E-state index contributed by atoms with van der Waals surface area (Å²) in [5.74, 6) is 0.736. The molecule has 0 radical (unpaired) electrons. The highest BCUT2D eigenvalue weighted by atomic mass is 35.5. The minimum Gasteiger partial charge on any atom is -0.497 e. The first kappa shape index (κ1) is 15.8. The van der Waals surface area contributed by atoms with Gasteiger partial charge in [-0.15, -0.1) is 0 Å². The lowest BCUT2D eigenvalue weighted by Gasteiger charge is -2.18. The predicted molar refractivity (Wildman–Crippen MR) is 93.4 cm³/mol. The van der Waals surface area contributed by atoms with Gasteiger partial charge in [-0.3, -0.25) is 9.36 Å². The van der Waals surface area contributed by atoms with Gasteiger partial charge in [0.2, 0.25) is 0 Å². The minimum absolute atomic E-state index is 0.124. The van der Waals surface area contributed by atoms with Crippen LogP contribution < -0.4 is 26.5 Å². The van der Waals surface area contributed by atoms with Crippen molar-refractivity contribution in [2.24, 2.45) is 5.73 Å². The van der Waals surface area contributed by atoms with Gasteiger partial charge in [0.25, 0.3) is 5.56 Å². The first-order valence-corrected chi connectivity index (χ1v) is 7.95. The van der Waals surface area contributed by atoms with E-state index in [2.05, 4.69) is 0 Å². The molecule has 23 heavy (non-hydrogen) atoms. The number of methoxy groups -OCH3 is 1. The Balaban J connectivity index is 2.37. The largest absolute Gasteiger partial charge is 0.497 e. The summed E-state index contributed by atoms with van der Waals surface area (Å²) >= 11 is 6.32. The van der Waals surface area contributed by atoms with E-state index in [0.717, 1.165) is 28.8 Å². The van der Waals surface area contributed by atoms with Crippen LogP contribution in [-0.4, -0.2) is 11.7 Å². The number of fused-ring (bicyclic) bond motifs is 1. The zero-order chi connectivity index (χ0) is 16.6. The van der Waals surface area contributed by atoms with Crippen LogP contribution >= 0.6 is 11.6 Å². The molecule has 0 amide bonds. The van der Waals surface area contributed by atoms with E-state index in [1.165, 1.54) is 0 Å². The van der Waals surface area contributed by atoms with Crippen molar-refractivity contribution in [2.75, 3.05) is 7.11 Å². The van der Waals surface area contributed by atoms with Gasteiger partial charge in [-0.2, -0.15) is 0 Å². The molecule has 5 heteroatoms. The summed E-state index contributed by atoms with van der Waals surface area (Å²) < 4.78 is 6.82. The summed E-state index contributed by atoms with van der Waals surface area (Å²) in [5.41, 5.74) is 7.50. The van der Waals surface area contributed by atoms with Crippen LogP contribution in [0, 0.1) is 0 Å². The van der Waals surface area contributed by atoms with E-state index in [-0.39, 0.29) is 11.6 Å². The normalized spacial score (nSPS) is 14.9. The summed E-state index contributed by atoms with van der Waals surface area (Å²) in [6.07, 6.45) is 3.59. The Morgan fingerprint density at radius 1 is 1.30 bits per heavy atom. The molecule has 2 aromatic rings. The maximum absolute atomic E-state index is 13.1. The van der Waals surface area contributed by atoms with Gasteiger partial charge >= 0.3 is 0 Å². The average Bonchev–Trinajstić information content (AvgIpc) is 2.54. The molecule has 1 unspecified atom stereocenters. The lowest BCUT2D eigenvalue weighted by molar-refractivity contribution is 0.414. The van der Waals surface area contributed by atoms with Crippen LogP contribution in [0.3, 0.4) is 0 Å². The Hall–Kier alpha value is -2.04. The summed E-state index contributed by atoms with van der Waals surface area (Å²) in [7, 11) is 1.61. The second-order valence-corrected chi connectivity index (χ2v) is 6.13. The molecule has 120 valence electrons.